The van der Waals surface area contributed by atoms with Crippen LogP contribution in [0, 0.1) is 12.7 Å². The van der Waals surface area contributed by atoms with Crippen molar-refractivity contribution < 1.29 is 24.1 Å². The van der Waals surface area contributed by atoms with E-state index in [2.05, 4.69) is 4.90 Å². The Bertz CT molecular complexity index is 1500. The molecule has 5 heterocycles. The number of carbonyl (C=O) groups excluding carboxylic acids is 1. The first-order valence-corrected chi connectivity index (χ1v) is 12.4. The maximum absolute atomic E-state index is 14.6. The molecule has 0 radical (unpaired) electrons. The monoisotopic (exact) mass is 493 g/mol. The summed E-state index contributed by atoms with van der Waals surface area (Å²) in [6.07, 6.45) is 1.32. The van der Waals surface area contributed by atoms with E-state index in [1.165, 1.54) is 6.07 Å². The van der Waals surface area contributed by atoms with Crippen molar-refractivity contribution in [3.05, 3.63) is 62.2 Å². The summed E-state index contributed by atoms with van der Waals surface area (Å²) < 4.78 is 21.4. The van der Waals surface area contributed by atoms with Crippen molar-refractivity contribution in [2.24, 2.45) is 0 Å². The van der Waals surface area contributed by atoms with Gasteiger partial charge in [-0.25, -0.2) is 14.2 Å². The molecule has 0 spiro atoms. The number of ether oxygens (including phenoxy) is 1. The molecule has 0 aliphatic carbocycles. The summed E-state index contributed by atoms with van der Waals surface area (Å²) in [5, 5.41) is 22.2. The molecule has 9 heteroatoms. The normalized spacial score (nSPS) is 23.4. The number of hydrogen-bond acceptors (Lipinski definition) is 7. The highest BCUT2D eigenvalue weighted by molar-refractivity contribution is 5.89. The highest BCUT2D eigenvalue weighted by atomic mass is 19.1. The van der Waals surface area contributed by atoms with Crippen LogP contribution in [0.25, 0.3) is 22.3 Å². The van der Waals surface area contributed by atoms with Crippen molar-refractivity contribution >= 4 is 16.9 Å². The Hall–Kier alpha value is -3.14. The number of esters is 1. The third-order valence-corrected chi connectivity index (χ3v) is 7.95. The molecule has 3 aliphatic rings. The first kappa shape index (κ1) is 23.3. The van der Waals surface area contributed by atoms with E-state index in [4.69, 9.17) is 9.72 Å². The van der Waals surface area contributed by atoms with Crippen molar-refractivity contribution in [1.29, 1.82) is 0 Å². The predicted molar refractivity (Wildman–Crippen MR) is 130 cm³/mol. The van der Waals surface area contributed by atoms with Gasteiger partial charge in [0.15, 0.2) is 5.60 Å². The quantitative estimate of drug-likeness (QED) is 0.423. The molecule has 36 heavy (non-hydrogen) atoms. The highest BCUT2D eigenvalue weighted by Crippen LogP contribution is 2.41. The van der Waals surface area contributed by atoms with E-state index < -0.39 is 17.7 Å². The summed E-state index contributed by atoms with van der Waals surface area (Å²) in [4.78, 5) is 33.0. The van der Waals surface area contributed by atoms with Crippen LogP contribution in [-0.4, -0.2) is 49.8 Å². The van der Waals surface area contributed by atoms with E-state index in [9.17, 15) is 24.2 Å². The molecular weight excluding hydrogens is 465 g/mol. The summed E-state index contributed by atoms with van der Waals surface area (Å²) in [6.45, 7) is 5.38. The van der Waals surface area contributed by atoms with Gasteiger partial charge < -0.3 is 19.5 Å². The van der Waals surface area contributed by atoms with E-state index in [1.807, 2.05) is 0 Å². The number of halogens is 1. The molecule has 1 fully saturated rings. The Labute approximate surface area is 206 Å². The zero-order chi connectivity index (χ0) is 25.4. The number of cyclic esters (lactones) is 1. The molecule has 0 saturated carbocycles. The predicted octanol–water partition coefficient (Wildman–Crippen LogP) is 2.48. The number of hydrogen-bond donors (Lipinski definition) is 2. The van der Waals surface area contributed by atoms with Crippen LogP contribution in [-0.2, 0) is 34.8 Å². The summed E-state index contributed by atoms with van der Waals surface area (Å²) in [6, 6.07) is 4.88. The zero-order valence-electron chi connectivity index (χ0n) is 20.3. The minimum Gasteiger partial charge on any atom is -0.458 e. The maximum atomic E-state index is 14.6. The Morgan fingerprint density at radius 2 is 2.06 bits per heavy atom. The molecule has 3 aliphatic heterocycles. The van der Waals surface area contributed by atoms with E-state index in [0.29, 0.717) is 35.6 Å². The zero-order valence-corrected chi connectivity index (χ0v) is 20.3. The number of likely N-dealkylation sites (tertiary alicyclic amines) is 1. The minimum atomic E-state index is -1.90. The van der Waals surface area contributed by atoms with Crippen molar-refractivity contribution in [3.63, 3.8) is 0 Å². The molecule has 8 nitrogen and oxygen atoms in total. The van der Waals surface area contributed by atoms with E-state index in [0.717, 1.165) is 35.9 Å². The Morgan fingerprint density at radius 1 is 1.25 bits per heavy atom. The summed E-state index contributed by atoms with van der Waals surface area (Å²) in [5.74, 6) is -1.13. The van der Waals surface area contributed by atoms with Gasteiger partial charge in [0.05, 0.1) is 35.1 Å². The largest absolute Gasteiger partial charge is 0.458 e. The topological polar surface area (TPSA) is 105 Å². The molecule has 188 valence electrons. The number of aryl methyl sites for hydroxylation is 1. The molecular formula is C27H28FN3O5. The maximum Gasteiger partial charge on any atom is 0.343 e. The van der Waals surface area contributed by atoms with E-state index in [1.54, 1.807) is 30.5 Å². The number of fused-ring (bicyclic) bond motifs is 5. The van der Waals surface area contributed by atoms with Gasteiger partial charge in [-0.2, -0.15) is 0 Å². The minimum absolute atomic E-state index is 0.0623. The van der Waals surface area contributed by atoms with E-state index in [-0.39, 0.29) is 42.1 Å². The smallest absolute Gasteiger partial charge is 0.343 e. The SMILES string of the molecule is CC[C@@]1(O)C(=O)OCc2c1cc1n(c2=O)Cc2c-1nc1cc(F)c(C)cc1c2CN1CCC[C@@H](O)C1. The Balaban J connectivity index is 1.58. The van der Waals surface area contributed by atoms with Gasteiger partial charge in [0.2, 0.25) is 0 Å². The highest BCUT2D eigenvalue weighted by Gasteiger charge is 2.45. The van der Waals surface area contributed by atoms with Crippen molar-refractivity contribution in [2.75, 3.05) is 13.1 Å². The number of carbonyl (C=O) groups is 1. The third-order valence-electron chi connectivity index (χ3n) is 7.95. The number of rotatable bonds is 3. The lowest BCUT2D eigenvalue weighted by Crippen LogP contribution is -2.44. The lowest BCUT2D eigenvalue weighted by Gasteiger charge is -2.31. The molecule has 1 saturated heterocycles. The van der Waals surface area contributed by atoms with Crippen molar-refractivity contribution in [3.8, 4) is 11.4 Å². The van der Waals surface area contributed by atoms with Crippen LogP contribution >= 0.6 is 0 Å². The Morgan fingerprint density at radius 3 is 2.81 bits per heavy atom. The molecule has 0 unspecified atom stereocenters. The van der Waals surface area contributed by atoms with Gasteiger partial charge in [0.25, 0.3) is 5.56 Å². The Kier molecular flexibility index (Phi) is 5.30. The van der Waals surface area contributed by atoms with Gasteiger partial charge in [-0.3, -0.25) is 9.69 Å². The van der Waals surface area contributed by atoms with Gasteiger partial charge in [-0.1, -0.05) is 6.92 Å². The average molecular weight is 494 g/mol. The molecule has 3 aromatic rings. The molecule has 0 amide bonds. The van der Waals surface area contributed by atoms with Crippen LogP contribution in [0.4, 0.5) is 4.39 Å². The van der Waals surface area contributed by atoms with Crippen LogP contribution in [0.15, 0.2) is 23.0 Å². The standard InChI is InChI=1S/C27H28FN3O5/c1-3-27(35)20-8-23-24-18(12-31(23)25(33)19(20)13-36-26(27)34)17(11-30-6-4-5-15(32)10-30)16-7-14(2)21(28)9-22(16)29-24/h7-9,15,32,35H,3-6,10-13H2,1-2H3/t15-,27+/m1/s1. The number of aliphatic hydroxyl groups excluding tert-OH is 1. The molecule has 2 atom stereocenters. The van der Waals surface area contributed by atoms with E-state index >= 15 is 0 Å². The number of pyridine rings is 2. The number of β-amino-alcohol motifs (C(OH)–C–C–N with tert-alkyl or cyclic N) is 1. The van der Waals surface area contributed by atoms with Gasteiger partial charge in [0.1, 0.15) is 12.4 Å². The van der Waals surface area contributed by atoms with Crippen LogP contribution in [0.2, 0.25) is 0 Å². The molecule has 0 bridgehead atoms. The lowest BCUT2D eigenvalue weighted by molar-refractivity contribution is -0.172. The second-order valence-electron chi connectivity index (χ2n) is 10.2. The number of aromatic nitrogens is 2. The summed E-state index contributed by atoms with van der Waals surface area (Å²) >= 11 is 0. The summed E-state index contributed by atoms with van der Waals surface area (Å²) in [5.41, 5.74) is 2.14. The van der Waals surface area contributed by atoms with Crippen molar-refractivity contribution in [1.82, 2.24) is 14.5 Å². The number of aliphatic hydroxyl groups is 2. The molecule has 2 N–H and O–H groups in total. The van der Waals surface area contributed by atoms with Gasteiger partial charge in [-0.05, 0) is 56.0 Å². The second-order valence-corrected chi connectivity index (χ2v) is 10.2. The average Bonchev–Trinajstić information content (AvgIpc) is 3.22. The molecule has 1 aromatic carbocycles. The number of nitrogens with zero attached hydrogens (tertiary/aromatic N) is 3. The number of benzene rings is 1. The first-order valence-electron chi connectivity index (χ1n) is 12.4. The van der Waals surface area contributed by atoms with Crippen LogP contribution in [0.1, 0.15) is 54.0 Å². The first-order chi connectivity index (χ1) is 17.2. The van der Waals surface area contributed by atoms with Gasteiger partial charge >= 0.3 is 5.97 Å². The van der Waals surface area contributed by atoms with Gasteiger partial charge in [-0.15, -0.1) is 0 Å². The fraction of sp³-hybridized carbons (Fsp3) is 0.444. The second kappa shape index (κ2) is 8.19. The number of piperidine rings is 1. The van der Waals surface area contributed by atoms with Crippen LogP contribution < -0.4 is 5.56 Å². The molecule has 6 rings (SSSR count). The van der Waals surface area contributed by atoms with Crippen LogP contribution in [0.3, 0.4) is 0 Å². The molecule has 2 aromatic heterocycles. The van der Waals surface area contributed by atoms with Crippen LogP contribution in [0.5, 0.6) is 0 Å². The van der Waals surface area contributed by atoms with Gasteiger partial charge in [0, 0.05) is 35.7 Å². The summed E-state index contributed by atoms with van der Waals surface area (Å²) in [7, 11) is 0. The van der Waals surface area contributed by atoms with Crippen molar-refractivity contribution in [2.45, 2.75) is 64.5 Å². The third kappa shape index (κ3) is 3.33. The fourth-order valence-electron chi connectivity index (χ4n) is 5.87. The fourth-order valence-corrected chi connectivity index (χ4v) is 5.87. The lowest BCUT2D eigenvalue weighted by atomic mass is 9.86.